The van der Waals surface area contributed by atoms with Crippen LogP contribution >= 0.6 is 23.2 Å². The second kappa shape index (κ2) is 10.2. The number of benzene rings is 2. The lowest BCUT2D eigenvalue weighted by Gasteiger charge is -2.27. The molecule has 0 aliphatic carbocycles. The maximum atomic E-state index is 13.1. The zero-order valence-electron chi connectivity index (χ0n) is 18.4. The van der Waals surface area contributed by atoms with Crippen molar-refractivity contribution < 1.29 is 23.9 Å². The number of aryl methyl sites for hydroxylation is 2. The van der Waals surface area contributed by atoms with Crippen LogP contribution in [0.4, 0.5) is 5.69 Å². The molecule has 0 saturated carbocycles. The van der Waals surface area contributed by atoms with Gasteiger partial charge in [-0.3, -0.25) is 24.6 Å². The molecule has 8 nitrogen and oxygen atoms in total. The summed E-state index contributed by atoms with van der Waals surface area (Å²) in [6.07, 6.45) is -0.229. The van der Waals surface area contributed by atoms with Crippen LogP contribution in [0.2, 0.25) is 10.0 Å². The minimum atomic E-state index is -1.16. The van der Waals surface area contributed by atoms with Gasteiger partial charge in [0.25, 0.3) is 11.8 Å². The van der Waals surface area contributed by atoms with E-state index in [0.717, 1.165) is 21.0 Å². The lowest BCUT2D eigenvalue weighted by atomic mass is 10.1. The molecule has 10 heteroatoms. The second-order valence-corrected chi connectivity index (χ2v) is 8.42. The van der Waals surface area contributed by atoms with E-state index in [1.165, 1.54) is 12.1 Å². The fourth-order valence-electron chi connectivity index (χ4n) is 3.34. The highest BCUT2D eigenvalue weighted by Gasteiger charge is 2.45. The highest BCUT2D eigenvalue weighted by atomic mass is 35.5. The molecule has 2 aromatic carbocycles. The van der Waals surface area contributed by atoms with E-state index >= 15 is 0 Å². The Morgan fingerprint density at radius 1 is 1.12 bits per heavy atom. The van der Waals surface area contributed by atoms with Crippen molar-refractivity contribution in [3.05, 3.63) is 57.6 Å². The number of carbonyl (C=O) groups excluding carboxylic acids is 4. The van der Waals surface area contributed by atoms with Crippen LogP contribution in [0.15, 0.2) is 36.4 Å². The van der Waals surface area contributed by atoms with Gasteiger partial charge in [-0.2, -0.15) is 0 Å². The van der Waals surface area contributed by atoms with E-state index in [2.05, 4.69) is 5.43 Å². The number of nitrogens with zero attached hydrogens (tertiary/aromatic N) is 2. The van der Waals surface area contributed by atoms with Crippen LogP contribution < -0.4 is 15.1 Å². The molecule has 1 N–H and O–H groups in total. The summed E-state index contributed by atoms with van der Waals surface area (Å²) in [5, 5.41) is 1.54. The Labute approximate surface area is 201 Å². The Morgan fingerprint density at radius 2 is 1.85 bits per heavy atom. The molecule has 0 bridgehead atoms. The molecule has 1 heterocycles. The van der Waals surface area contributed by atoms with Crippen LogP contribution in [0.5, 0.6) is 5.75 Å². The van der Waals surface area contributed by atoms with Gasteiger partial charge in [0.05, 0.1) is 17.1 Å². The number of imide groups is 1. The average Bonchev–Trinajstić information content (AvgIpc) is 3.06. The van der Waals surface area contributed by atoms with Gasteiger partial charge in [0.2, 0.25) is 11.8 Å². The van der Waals surface area contributed by atoms with E-state index < -0.39 is 36.3 Å². The summed E-state index contributed by atoms with van der Waals surface area (Å²) in [6, 6.07) is 8.60. The molecule has 1 atom stereocenters. The first-order valence-electron chi connectivity index (χ1n) is 10.3. The third kappa shape index (κ3) is 5.46. The normalized spacial score (nSPS) is 15.5. The zero-order chi connectivity index (χ0) is 24.3. The smallest absolute Gasteiger partial charge is 0.276 e. The minimum Gasteiger partial charge on any atom is -0.482 e. The van der Waals surface area contributed by atoms with Crippen LogP contribution in [0, 0.1) is 13.8 Å². The summed E-state index contributed by atoms with van der Waals surface area (Å²) < 4.78 is 5.39. The van der Waals surface area contributed by atoms with Gasteiger partial charge in [-0.25, -0.2) is 9.91 Å². The first-order valence-corrected chi connectivity index (χ1v) is 11.0. The monoisotopic (exact) mass is 491 g/mol. The van der Waals surface area contributed by atoms with Crippen LogP contribution in [0.25, 0.3) is 0 Å². The van der Waals surface area contributed by atoms with Crippen LogP contribution in [0.3, 0.4) is 0 Å². The van der Waals surface area contributed by atoms with Crippen molar-refractivity contribution in [2.45, 2.75) is 39.7 Å². The van der Waals surface area contributed by atoms with Crippen molar-refractivity contribution in [2.75, 3.05) is 11.5 Å². The number of anilines is 1. The molecule has 3 rings (SSSR count). The number of halogens is 2. The number of carbonyl (C=O) groups is 4. The third-order valence-electron chi connectivity index (χ3n) is 5.25. The van der Waals surface area contributed by atoms with Gasteiger partial charge in [0, 0.05) is 11.4 Å². The van der Waals surface area contributed by atoms with Crippen molar-refractivity contribution in [2.24, 2.45) is 0 Å². The van der Waals surface area contributed by atoms with Gasteiger partial charge >= 0.3 is 0 Å². The second-order valence-electron chi connectivity index (χ2n) is 7.57. The summed E-state index contributed by atoms with van der Waals surface area (Å²) in [5.41, 5.74) is 4.77. The summed E-state index contributed by atoms with van der Waals surface area (Å²) in [6.45, 7) is 4.92. The number of hydrazine groups is 1. The first-order chi connectivity index (χ1) is 15.6. The first kappa shape index (κ1) is 24.5. The van der Waals surface area contributed by atoms with Gasteiger partial charge in [0.1, 0.15) is 11.8 Å². The summed E-state index contributed by atoms with van der Waals surface area (Å²) in [4.78, 5) is 51.9. The van der Waals surface area contributed by atoms with Gasteiger partial charge in [0.15, 0.2) is 6.61 Å². The molecule has 4 amide bonds. The van der Waals surface area contributed by atoms with Crippen molar-refractivity contribution in [3.8, 4) is 5.75 Å². The zero-order valence-corrected chi connectivity index (χ0v) is 19.9. The quantitative estimate of drug-likeness (QED) is 0.491. The highest BCUT2D eigenvalue weighted by Crippen LogP contribution is 2.28. The molecule has 1 unspecified atom stereocenters. The molecule has 2 aromatic rings. The van der Waals surface area contributed by atoms with Gasteiger partial charge in [-0.05, 0) is 55.3 Å². The molecule has 0 spiro atoms. The predicted molar refractivity (Wildman–Crippen MR) is 124 cm³/mol. The van der Waals surface area contributed by atoms with Gasteiger partial charge in [-0.15, -0.1) is 0 Å². The number of amides is 4. The lowest BCUT2D eigenvalue weighted by Crippen LogP contribution is -2.55. The molecule has 1 saturated heterocycles. The van der Waals surface area contributed by atoms with E-state index in [4.69, 9.17) is 27.9 Å². The number of rotatable bonds is 6. The van der Waals surface area contributed by atoms with Gasteiger partial charge < -0.3 is 4.74 Å². The average molecular weight is 492 g/mol. The van der Waals surface area contributed by atoms with E-state index in [0.29, 0.717) is 10.7 Å². The minimum absolute atomic E-state index is 0.0196. The third-order valence-corrected chi connectivity index (χ3v) is 5.78. The number of hydrogen-bond acceptors (Lipinski definition) is 5. The number of nitrogens with one attached hydrogen (secondary N) is 1. The summed E-state index contributed by atoms with van der Waals surface area (Å²) >= 11 is 11.9. The molecule has 1 aliphatic heterocycles. The molecule has 1 fully saturated rings. The van der Waals surface area contributed by atoms with E-state index in [9.17, 15) is 19.2 Å². The van der Waals surface area contributed by atoms with Gasteiger partial charge in [-0.1, -0.05) is 36.2 Å². The molecular weight excluding hydrogens is 469 g/mol. The Hall–Kier alpha value is -3.10. The van der Waals surface area contributed by atoms with Crippen LogP contribution in [-0.4, -0.2) is 41.3 Å². The van der Waals surface area contributed by atoms with E-state index in [-0.39, 0.29) is 23.6 Å². The summed E-state index contributed by atoms with van der Waals surface area (Å²) in [7, 11) is 0. The van der Waals surface area contributed by atoms with Crippen molar-refractivity contribution in [1.82, 2.24) is 10.4 Å². The topological polar surface area (TPSA) is 96.0 Å². The predicted octanol–water partition coefficient (Wildman–Crippen LogP) is 3.59. The fourth-order valence-corrected chi connectivity index (χ4v) is 3.80. The molecule has 174 valence electrons. The molecule has 1 aliphatic rings. The molecule has 0 radical (unpaired) electrons. The Morgan fingerprint density at radius 3 is 2.48 bits per heavy atom. The molecular formula is C23H23Cl2N3O5. The molecule has 0 aromatic heterocycles. The Balaban J connectivity index is 1.74. The maximum Gasteiger partial charge on any atom is 0.276 e. The fraction of sp³-hybridized carbons (Fsp3) is 0.304. The Bertz CT molecular complexity index is 1120. The van der Waals surface area contributed by atoms with E-state index in [1.807, 2.05) is 19.9 Å². The highest BCUT2D eigenvalue weighted by molar-refractivity contribution is 6.35. The van der Waals surface area contributed by atoms with Crippen LogP contribution in [0.1, 0.15) is 30.9 Å². The van der Waals surface area contributed by atoms with E-state index in [1.54, 1.807) is 25.1 Å². The summed E-state index contributed by atoms with van der Waals surface area (Å²) in [5.74, 6) is -2.01. The van der Waals surface area contributed by atoms with Crippen molar-refractivity contribution >= 4 is 52.5 Å². The van der Waals surface area contributed by atoms with Crippen molar-refractivity contribution in [3.63, 3.8) is 0 Å². The lowest BCUT2D eigenvalue weighted by molar-refractivity contribution is -0.148. The largest absolute Gasteiger partial charge is 0.482 e. The SMILES string of the molecule is CCC(=O)N(NC(=O)COc1ccc(Cl)cc1Cl)C1CC(=O)N(c2ccc(C)c(C)c2)C1=O. The number of ether oxygens (including phenoxy) is 1. The Kier molecular flexibility index (Phi) is 7.61. The number of hydrogen-bond donors (Lipinski definition) is 1. The van der Waals surface area contributed by atoms with Crippen molar-refractivity contribution in [1.29, 1.82) is 0 Å². The molecule has 33 heavy (non-hydrogen) atoms. The standard InChI is InChI=1S/C23H23Cl2N3O5/c1-4-21(30)28(26-20(29)12-33-19-8-6-15(24)10-17(19)25)18-11-22(31)27(23(18)32)16-7-5-13(2)14(3)9-16/h5-10,18H,4,11-12H2,1-3H3,(H,26,29). The van der Waals surface area contributed by atoms with Crippen LogP contribution in [-0.2, 0) is 19.2 Å². The maximum absolute atomic E-state index is 13.1.